The van der Waals surface area contributed by atoms with Crippen LogP contribution in [0.2, 0.25) is 0 Å². The van der Waals surface area contributed by atoms with Crippen molar-refractivity contribution in [3.8, 4) is 43.8 Å². The van der Waals surface area contributed by atoms with Crippen molar-refractivity contribution < 1.29 is 9.47 Å². The smallest absolute Gasteiger partial charge is 0.135 e. The molecule has 0 bridgehead atoms. The number of thiophene rings is 4. The molecule has 0 N–H and O–H groups in total. The van der Waals surface area contributed by atoms with E-state index in [-0.39, 0.29) is 34.2 Å². The van der Waals surface area contributed by atoms with Gasteiger partial charge >= 0.3 is 0 Å². The van der Waals surface area contributed by atoms with E-state index in [1.807, 2.05) is 59.1 Å². The zero-order valence-electron chi connectivity index (χ0n) is 30.4. The summed E-state index contributed by atoms with van der Waals surface area (Å²) >= 11 is 6.89. The molecule has 4 aromatic rings. The molecule has 2 saturated carbocycles. The Morgan fingerprint density at radius 3 is 1.34 bits per heavy atom. The highest BCUT2D eigenvalue weighted by Crippen LogP contribution is 2.60. The zero-order chi connectivity index (χ0) is 38.0. The van der Waals surface area contributed by atoms with Crippen LogP contribution in [0.4, 0.5) is 0 Å². The number of hydrogen-bond donors (Lipinski definition) is 0. The second kappa shape index (κ2) is 13.8. The molecule has 6 aliphatic rings. The molecule has 10 heteroatoms. The molecule has 2 spiro atoms. The second-order valence-electron chi connectivity index (χ2n) is 15.4. The summed E-state index contributed by atoms with van der Waals surface area (Å²) in [6.45, 7) is 0. The average molecular weight is 803 g/mol. The van der Waals surface area contributed by atoms with Gasteiger partial charge in [0.1, 0.15) is 58.1 Å². The standard InChI is InChI=1S/C46H34N4O2S4/c47-23-27(24-48)15-31-7-9-39(53-31)41-21-35-43(55-41)33-17-30-20-38-34(18-29(30)19-37(33)51-45(35)11-3-1-4-12-45)44-36(46(52-38)13-5-2-6-14-46)22-42(56-44)40-10-8-32(54-40)16-28(25-49)26-50/h7-10,15-22,29-30H,1-6,11-14H2. The van der Waals surface area contributed by atoms with Crippen LogP contribution in [0.25, 0.3) is 42.8 Å². The van der Waals surface area contributed by atoms with Gasteiger partial charge in [0, 0.05) is 73.1 Å². The highest BCUT2D eigenvalue weighted by Gasteiger charge is 2.49. The average Bonchev–Trinajstić information content (AvgIpc) is 4.06. The summed E-state index contributed by atoms with van der Waals surface area (Å²) in [7, 11) is 0. The van der Waals surface area contributed by atoms with Crippen LogP contribution in [0.1, 0.15) is 94.8 Å². The normalized spacial score (nSPS) is 21.8. The number of allylic oxidation sites excluding steroid dienone is 8. The van der Waals surface area contributed by atoms with Crippen LogP contribution in [0, 0.1) is 57.2 Å². The van der Waals surface area contributed by atoms with E-state index in [9.17, 15) is 21.0 Å². The van der Waals surface area contributed by atoms with Crippen LogP contribution in [0.3, 0.4) is 0 Å². The Bertz CT molecular complexity index is 2460. The monoisotopic (exact) mass is 802 g/mol. The number of ether oxygens (including phenoxy) is 2. The molecule has 2 atom stereocenters. The van der Waals surface area contributed by atoms with E-state index in [1.165, 1.54) is 54.6 Å². The Hall–Kier alpha value is -5.20. The van der Waals surface area contributed by atoms with Gasteiger partial charge in [0.2, 0.25) is 0 Å². The minimum absolute atomic E-state index is 0.110. The SMILES string of the molecule is N#CC(C#N)=Cc1ccc(-c2cc3c(s2)C2=CC4C=C5OC6(CCCCC6)c6cc(-c7ccc(C=C(C#N)C#N)s7)sc6C5=CC4C=C2OC32CCCCC2)s1. The Morgan fingerprint density at radius 1 is 0.536 bits per heavy atom. The fraction of sp³-hybridized carbons (Fsp3) is 0.304. The van der Waals surface area contributed by atoms with Crippen LogP contribution in [-0.2, 0) is 20.7 Å². The van der Waals surface area contributed by atoms with Gasteiger partial charge in [-0.3, -0.25) is 0 Å². The molecule has 6 nitrogen and oxygen atoms in total. The molecular weight excluding hydrogens is 769 g/mol. The Morgan fingerprint density at radius 2 is 0.946 bits per heavy atom. The molecule has 0 aromatic carbocycles. The molecular formula is C46H34N4O2S4. The number of nitriles is 4. The lowest BCUT2D eigenvalue weighted by atomic mass is 9.72. The van der Waals surface area contributed by atoms with E-state index >= 15 is 0 Å². The summed E-state index contributed by atoms with van der Waals surface area (Å²) in [5.41, 5.74) is 4.48. The van der Waals surface area contributed by atoms with Crippen molar-refractivity contribution in [3.05, 3.63) is 114 Å². The summed E-state index contributed by atoms with van der Waals surface area (Å²) in [6, 6.07) is 20.8. The number of rotatable bonds is 4. The second-order valence-corrected chi connectivity index (χ2v) is 19.7. The van der Waals surface area contributed by atoms with Crippen molar-refractivity contribution in [2.24, 2.45) is 11.8 Å². The molecule has 0 radical (unpaired) electrons. The molecule has 274 valence electrons. The van der Waals surface area contributed by atoms with Crippen molar-refractivity contribution in [2.45, 2.75) is 75.4 Å². The van der Waals surface area contributed by atoms with Crippen molar-refractivity contribution in [3.63, 3.8) is 0 Å². The number of fused-ring (bicyclic) bond motifs is 9. The minimum atomic E-state index is -0.344. The quantitative estimate of drug-likeness (QED) is 0.190. The predicted molar refractivity (Wildman–Crippen MR) is 224 cm³/mol. The maximum absolute atomic E-state index is 9.32. The van der Waals surface area contributed by atoms with Crippen LogP contribution in [0.5, 0.6) is 0 Å². The van der Waals surface area contributed by atoms with Crippen molar-refractivity contribution in [2.75, 3.05) is 0 Å². The summed E-state index contributed by atoms with van der Waals surface area (Å²) in [6.07, 6.45) is 23.9. The molecule has 2 fully saturated rings. The van der Waals surface area contributed by atoms with Gasteiger partial charge in [0.15, 0.2) is 0 Å². The van der Waals surface area contributed by atoms with Crippen LogP contribution < -0.4 is 0 Å². The van der Waals surface area contributed by atoms with E-state index in [1.54, 1.807) is 34.8 Å². The minimum Gasteiger partial charge on any atom is -0.482 e. The van der Waals surface area contributed by atoms with Gasteiger partial charge in [-0.2, -0.15) is 21.0 Å². The van der Waals surface area contributed by atoms with Crippen LogP contribution in [-0.4, -0.2) is 0 Å². The third kappa shape index (κ3) is 5.79. The lowest BCUT2D eigenvalue weighted by Crippen LogP contribution is -2.37. The van der Waals surface area contributed by atoms with E-state index in [0.29, 0.717) is 0 Å². The van der Waals surface area contributed by atoms with Crippen LogP contribution >= 0.6 is 45.3 Å². The highest BCUT2D eigenvalue weighted by molar-refractivity contribution is 7.23. The number of hydrogen-bond acceptors (Lipinski definition) is 10. The van der Waals surface area contributed by atoms with Gasteiger partial charge < -0.3 is 9.47 Å². The largest absolute Gasteiger partial charge is 0.482 e. The maximum Gasteiger partial charge on any atom is 0.135 e. The van der Waals surface area contributed by atoms with E-state index < -0.39 is 0 Å². The first kappa shape index (κ1) is 35.2. The molecule has 4 aliphatic carbocycles. The van der Waals surface area contributed by atoms with Gasteiger partial charge in [-0.1, -0.05) is 25.0 Å². The molecule has 0 amide bonds. The highest BCUT2D eigenvalue weighted by atomic mass is 32.1. The third-order valence-electron chi connectivity index (χ3n) is 12.0. The zero-order valence-corrected chi connectivity index (χ0v) is 33.7. The van der Waals surface area contributed by atoms with Crippen molar-refractivity contribution in [1.29, 1.82) is 21.0 Å². The fourth-order valence-corrected chi connectivity index (χ4v) is 14.0. The van der Waals surface area contributed by atoms with Gasteiger partial charge in [0.25, 0.3) is 0 Å². The molecule has 4 aromatic heterocycles. The van der Waals surface area contributed by atoms with E-state index in [0.717, 1.165) is 82.4 Å². The summed E-state index contributed by atoms with van der Waals surface area (Å²) < 4.78 is 14.5. The Balaban J connectivity index is 1.04. The Labute approximate surface area is 342 Å². The van der Waals surface area contributed by atoms with Gasteiger partial charge in [-0.05, 0) is 112 Å². The lowest BCUT2D eigenvalue weighted by Gasteiger charge is -2.46. The van der Waals surface area contributed by atoms with Crippen molar-refractivity contribution in [1.82, 2.24) is 0 Å². The summed E-state index contributed by atoms with van der Waals surface area (Å²) in [4.78, 5) is 9.04. The van der Waals surface area contributed by atoms with E-state index in [4.69, 9.17) is 9.47 Å². The first-order chi connectivity index (χ1) is 27.4. The van der Waals surface area contributed by atoms with Gasteiger partial charge in [-0.15, -0.1) is 45.3 Å². The summed E-state index contributed by atoms with van der Waals surface area (Å²) in [5.74, 6) is 2.25. The molecule has 0 saturated heterocycles. The molecule has 2 aliphatic heterocycles. The summed E-state index contributed by atoms with van der Waals surface area (Å²) in [5, 5.41) is 37.3. The fourth-order valence-electron chi connectivity index (χ4n) is 9.38. The van der Waals surface area contributed by atoms with Crippen molar-refractivity contribution >= 4 is 68.6 Å². The van der Waals surface area contributed by atoms with E-state index in [2.05, 4.69) is 48.6 Å². The lowest BCUT2D eigenvalue weighted by molar-refractivity contribution is -0.0338. The van der Waals surface area contributed by atoms with Crippen LogP contribution in [0.15, 0.2) is 83.4 Å². The molecule has 2 unspecified atom stereocenters. The first-order valence-corrected chi connectivity index (χ1v) is 22.5. The topological polar surface area (TPSA) is 114 Å². The Kier molecular flexibility index (Phi) is 8.66. The molecule has 10 rings (SSSR count). The number of nitrogens with zero attached hydrogens (tertiary/aromatic N) is 4. The van der Waals surface area contributed by atoms with Gasteiger partial charge in [-0.25, -0.2) is 0 Å². The third-order valence-corrected chi connectivity index (χ3v) is 16.8. The maximum atomic E-state index is 9.32. The molecule has 56 heavy (non-hydrogen) atoms. The van der Waals surface area contributed by atoms with Gasteiger partial charge in [0.05, 0.1) is 0 Å². The first-order valence-electron chi connectivity index (χ1n) is 19.2. The molecule has 6 heterocycles. The predicted octanol–water partition coefficient (Wildman–Crippen LogP) is 13.0.